The summed E-state index contributed by atoms with van der Waals surface area (Å²) in [6, 6.07) is 1.48. The molecule has 3 heteroatoms. The van der Waals surface area contributed by atoms with Crippen molar-refractivity contribution in [2.45, 2.75) is 51.6 Å². The van der Waals surface area contributed by atoms with Crippen molar-refractivity contribution in [2.24, 2.45) is 0 Å². The number of rotatable bonds is 7. The topological polar surface area (TPSA) is 15.3 Å². The molecule has 0 bridgehead atoms. The highest BCUT2D eigenvalue weighted by Gasteiger charge is 2.12. The third-order valence-corrected chi connectivity index (χ3v) is 4.63. The van der Waals surface area contributed by atoms with Gasteiger partial charge in [0, 0.05) is 17.8 Å². The Kier molecular flexibility index (Phi) is 7.50. The molecule has 0 aromatic carbocycles. The van der Waals surface area contributed by atoms with Gasteiger partial charge in [0.2, 0.25) is 0 Å². The standard InChI is InChI=1S/C13H28N2S/c1-12(2)15(3)9-5-4-8-14-13-7-6-10-16-11-13/h12-14H,4-11H2,1-3H3. The summed E-state index contributed by atoms with van der Waals surface area (Å²) in [5.74, 6) is 2.70. The highest BCUT2D eigenvalue weighted by molar-refractivity contribution is 7.99. The lowest BCUT2D eigenvalue weighted by atomic mass is 10.2. The zero-order chi connectivity index (χ0) is 11.8. The van der Waals surface area contributed by atoms with Gasteiger partial charge in [-0.25, -0.2) is 0 Å². The van der Waals surface area contributed by atoms with Crippen molar-refractivity contribution >= 4 is 11.8 Å². The van der Waals surface area contributed by atoms with Gasteiger partial charge in [0.05, 0.1) is 0 Å². The molecule has 96 valence electrons. The second kappa shape index (κ2) is 8.37. The Morgan fingerprint density at radius 2 is 2.19 bits per heavy atom. The van der Waals surface area contributed by atoms with E-state index in [1.807, 2.05) is 0 Å². The third-order valence-electron chi connectivity index (χ3n) is 3.41. The summed E-state index contributed by atoms with van der Waals surface area (Å²) in [6.45, 7) is 6.96. The van der Waals surface area contributed by atoms with Crippen LogP contribution < -0.4 is 5.32 Å². The largest absolute Gasteiger partial charge is 0.313 e. The summed E-state index contributed by atoms with van der Waals surface area (Å²) in [5.41, 5.74) is 0. The maximum absolute atomic E-state index is 3.69. The van der Waals surface area contributed by atoms with Gasteiger partial charge >= 0.3 is 0 Å². The molecule has 0 amide bonds. The van der Waals surface area contributed by atoms with E-state index >= 15 is 0 Å². The van der Waals surface area contributed by atoms with Crippen molar-refractivity contribution in [3.05, 3.63) is 0 Å². The molecule has 1 aliphatic rings. The van der Waals surface area contributed by atoms with Gasteiger partial charge in [-0.2, -0.15) is 11.8 Å². The first-order chi connectivity index (χ1) is 7.70. The maximum atomic E-state index is 3.69. The predicted molar refractivity (Wildman–Crippen MR) is 75.3 cm³/mol. The predicted octanol–water partition coefficient (Wildman–Crippen LogP) is 2.59. The van der Waals surface area contributed by atoms with Crippen LogP contribution in [-0.2, 0) is 0 Å². The Bertz CT molecular complexity index is 167. The molecular weight excluding hydrogens is 216 g/mol. The molecule has 2 nitrogen and oxygen atoms in total. The highest BCUT2D eigenvalue weighted by atomic mass is 32.2. The fourth-order valence-electron chi connectivity index (χ4n) is 1.95. The number of nitrogens with one attached hydrogen (secondary N) is 1. The normalized spacial score (nSPS) is 21.9. The van der Waals surface area contributed by atoms with E-state index in [4.69, 9.17) is 0 Å². The van der Waals surface area contributed by atoms with Crippen molar-refractivity contribution in [3.63, 3.8) is 0 Å². The van der Waals surface area contributed by atoms with Crippen LogP contribution in [0.15, 0.2) is 0 Å². The number of unbranched alkanes of at least 4 members (excludes halogenated alkanes) is 1. The van der Waals surface area contributed by atoms with Crippen molar-refractivity contribution in [1.82, 2.24) is 10.2 Å². The van der Waals surface area contributed by atoms with Crippen LogP contribution >= 0.6 is 11.8 Å². The van der Waals surface area contributed by atoms with Gasteiger partial charge in [0.1, 0.15) is 0 Å². The lowest BCUT2D eigenvalue weighted by Gasteiger charge is -2.23. The second-order valence-corrected chi connectivity index (χ2v) is 6.30. The Labute approximate surface area is 106 Å². The van der Waals surface area contributed by atoms with Crippen LogP contribution in [0.25, 0.3) is 0 Å². The van der Waals surface area contributed by atoms with E-state index in [2.05, 4.69) is 42.9 Å². The first kappa shape index (κ1) is 14.3. The molecule has 1 fully saturated rings. The molecular formula is C13H28N2S. The minimum absolute atomic E-state index is 0.683. The van der Waals surface area contributed by atoms with Crippen LogP contribution in [-0.4, -0.2) is 48.6 Å². The van der Waals surface area contributed by atoms with Gasteiger partial charge in [-0.05, 0) is 65.4 Å². The van der Waals surface area contributed by atoms with Gasteiger partial charge in [-0.1, -0.05) is 0 Å². The maximum Gasteiger partial charge on any atom is 0.0158 e. The fourth-order valence-corrected chi connectivity index (χ4v) is 3.06. The van der Waals surface area contributed by atoms with Gasteiger partial charge in [0.15, 0.2) is 0 Å². The van der Waals surface area contributed by atoms with Crippen LogP contribution in [0.3, 0.4) is 0 Å². The monoisotopic (exact) mass is 244 g/mol. The summed E-state index contributed by atoms with van der Waals surface area (Å²) >= 11 is 2.10. The Morgan fingerprint density at radius 1 is 1.38 bits per heavy atom. The van der Waals surface area contributed by atoms with E-state index in [1.54, 1.807) is 0 Å². The molecule has 1 atom stereocenters. The molecule has 0 aromatic rings. The van der Waals surface area contributed by atoms with Crippen LogP contribution in [0.1, 0.15) is 39.5 Å². The van der Waals surface area contributed by atoms with Crippen LogP contribution in [0.5, 0.6) is 0 Å². The van der Waals surface area contributed by atoms with Crippen LogP contribution in [0.4, 0.5) is 0 Å². The molecule has 1 saturated heterocycles. The van der Waals surface area contributed by atoms with E-state index < -0.39 is 0 Å². The summed E-state index contributed by atoms with van der Waals surface area (Å²) in [4.78, 5) is 2.43. The minimum Gasteiger partial charge on any atom is -0.313 e. The van der Waals surface area contributed by atoms with E-state index in [1.165, 1.54) is 50.3 Å². The Morgan fingerprint density at radius 3 is 2.81 bits per heavy atom. The van der Waals surface area contributed by atoms with Gasteiger partial charge in [0.25, 0.3) is 0 Å². The highest BCUT2D eigenvalue weighted by Crippen LogP contribution is 2.16. The SMILES string of the molecule is CC(C)N(C)CCCCNC1CCCSC1. The van der Waals surface area contributed by atoms with Crippen LogP contribution in [0, 0.1) is 0 Å². The Hall–Kier alpha value is 0.270. The van der Waals surface area contributed by atoms with Gasteiger partial charge in [-0.3, -0.25) is 0 Å². The third kappa shape index (κ3) is 6.12. The summed E-state index contributed by atoms with van der Waals surface area (Å²) in [5, 5.41) is 3.69. The van der Waals surface area contributed by atoms with Crippen molar-refractivity contribution in [1.29, 1.82) is 0 Å². The number of thioether (sulfide) groups is 1. The average Bonchev–Trinajstić information content (AvgIpc) is 2.29. The zero-order valence-corrected chi connectivity index (χ0v) is 12.0. The minimum atomic E-state index is 0.683. The molecule has 1 unspecified atom stereocenters. The molecule has 1 N–H and O–H groups in total. The van der Waals surface area contributed by atoms with E-state index in [9.17, 15) is 0 Å². The first-order valence-corrected chi connectivity index (χ1v) is 7.87. The average molecular weight is 244 g/mol. The van der Waals surface area contributed by atoms with Crippen LogP contribution in [0.2, 0.25) is 0 Å². The zero-order valence-electron chi connectivity index (χ0n) is 11.2. The lowest BCUT2D eigenvalue weighted by molar-refractivity contribution is 0.267. The summed E-state index contributed by atoms with van der Waals surface area (Å²) in [7, 11) is 2.22. The molecule has 1 rings (SSSR count). The van der Waals surface area contributed by atoms with Gasteiger partial charge < -0.3 is 10.2 Å². The molecule has 1 heterocycles. The van der Waals surface area contributed by atoms with Gasteiger partial charge in [-0.15, -0.1) is 0 Å². The summed E-state index contributed by atoms with van der Waals surface area (Å²) < 4.78 is 0. The molecule has 1 aliphatic heterocycles. The smallest absolute Gasteiger partial charge is 0.0158 e. The van der Waals surface area contributed by atoms with E-state index in [-0.39, 0.29) is 0 Å². The molecule has 0 spiro atoms. The first-order valence-electron chi connectivity index (χ1n) is 6.71. The van der Waals surface area contributed by atoms with Crippen molar-refractivity contribution in [3.8, 4) is 0 Å². The fraction of sp³-hybridized carbons (Fsp3) is 1.00. The Balaban J connectivity index is 1.91. The molecule has 0 aromatic heterocycles. The molecule has 0 aliphatic carbocycles. The number of hydrogen-bond acceptors (Lipinski definition) is 3. The second-order valence-electron chi connectivity index (χ2n) is 5.15. The number of nitrogens with zero attached hydrogens (tertiary/aromatic N) is 1. The van der Waals surface area contributed by atoms with E-state index in [0.29, 0.717) is 6.04 Å². The van der Waals surface area contributed by atoms with Crippen molar-refractivity contribution < 1.29 is 0 Å². The summed E-state index contributed by atoms with van der Waals surface area (Å²) in [6.07, 6.45) is 5.43. The quantitative estimate of drug-likeness (QED) is 0.693. The molecule has 16 heavy (non-hydrogen) atoms. The van der Waals surface area contributed by atoms with E-state index in [0.717, 1.165) is 6.04 Å². The van der Waals surface area contributed by atoms with Crippen molar-refractivity contribution in [2.75, 3.05) is 31.6 Å². The molecule has 0 saturated carbocycles. The molecule has 0 radical (unpaired) electrons. The number of hydrogen-bond donors (Lipinski definition) is 1. The lowest BCUT2D eigenvalue weighted by Crippen LogP contribution is -2.34.